The summed E-state index contributed by atoms with van der Waals surface area (Å²) in [5, 5.41) is 0. The maximum absolute atomic E-state index is 4.93. The first-order valence-corrected chi connectivity index (χ1v) is 14.8. The Morgan fingerprint density at radius 2 is 1.62 bits per heavy atom. The van der Waals surface area contributed by atoms with Gasteiger partial charge in [-0.3, -0.25) is 0 Å². The fraction of sp³-hybridized carbons (Fsp3) is 0.286. The van der Waals surface area contributed by atoms with Gasteiger partial charge in [0.2, 0.25) is 0 Å². The minimum atomic E-state index is -0.826. The molecule has 125 valence electrons. The molecule has 0 spiro atoms. The normalized spacial score (nSPS) is 12.0. The van der Waals surface area contributed by atoms with Crippen molar-refractivity contribution < 1.29 is 20.8 Å². The Bertz CT molecular complexity index is 650. The van der Waals surface area contributed by atoms with Gasteiger partial charge in [0.15, 0.2) is 0 Å². The average molecular weight is 438 g/mol. The Hall–Kier alpha value is -0.357. The summed E-state index contributed by atoms with van der Waals surface area (Å²) in [7, 11) is 9.87. The summed E-state index contributed by atoms with van der Waals surface area (Å²) < 4.78 is 0. The Morgan fingerprint density at radius 3 is 2.33 bits per heavy atom. The molecule has 3 heteroatoms. The Balaban J connectivity index is 0.000000647. The van der Waals surface area contributed by atoms with Crippen molar-refractivity contribution in [2.24, 2.45) is 0 Å². The number of hydrogen-bond donors (Lipinski definition) is 0. The standard InChI is InChI=1S/C21H23.2ClH.Zr/c1-2-3-4-6-10-17-15-19-13-9-14-20(21(19)16-17)18-11-7-5-8-12-18;;;/h5,7-9,11-16H,2-4,6,10H2,1H3;2*1H;/q;;;+2/p-2. The van der Waals surface area contributed by atoms with Gasteiger partial charge in [-0.2, -0.15) is 0 Å². The fourth-order valence-electron chi connectivity index (χ4n) is 3.07. The zero-order valence-corrected chi connectivity index (χ0v) is 18.0. The molecule has 0 aromatic heterocycles. The van der Waals surface area contributed by atoms with E-state index < -0.39 is 20.8 Å². The van der Waals surface area contributed by atoms with Gasteiger partial charge in [-0.1, -0.05) is 86.4 Å². The van der Waals surface area contributed by atoms with Crippen LogP contribution in [0.5, 0.6) is 0 Å². The van der Waals surface area contributed by atoms with E-state index in [9.17, 15) is 0 Å². The molecule has 0 heterocycles. The predicted molar refractivity (Wildman–Crippen MR) is 104 cm³/mol. The Kier molecular flexibility index (Phi) is 9.39. The number of unbranched alkanes of at least 4 members (excludes halogenated alkanes) is 3. The van der Waals surface area contributed by atoms with E-state index in [1.165, 1.54) is 59.9 Å². The fourth-order valence-corrected chi connectivity index (χ4v) is 3.07. The number of benzene rings is 2. The summed E-state index contributed by atoms with van der Waals surface area (Å²) in [5.41, 5.74) is 6.93. The summed E-state index contributed by atoms with van der Waals surface area (Å²) >= 11 is -0.826. The molecule has 0 fully saturated rings. The second kappa shape index (κ2) is 11.3. The summed E-state index contributed by atoms with van der Waals surface area (Å²) in [4.78, 5) is 0. The van der Waals surface area contributed by atoms with Crippen molar-refractivity contribution >= 4 is 23.1 Å². The van der Waals surface area contributed by atoms with Crippen molar-refractivity contribution in [3.63, 3.8) is 0 Å². The number of rotatable bonds is 6. The number of fused-ring (bicyclic) bond motifs is 1. The molecular formula is C21H23Cl2Zr. The van der Waals surface area contributed by atoms with Crippen molar-refractivity contribution in [3.05, 3.63) is 71.7 Å². The van der Waals surface area contributed by atoms with Gasteiger partial charge in [0.1, 0.15) is 0 Å². The molecule has 2 aromatic rings. The number of halogens is 2. The zero-order valence-electron chi connectivity index (χ0n) is 14.1. The van der Waals surface area contributed by atoms with E-state index in [4.69, 9.17) is 17.0 Å². The molecule has 1 aliphatic carbocycles. The SMILES string of the molecule is CCCCCCC1=Cc2c(cccc2-c2ccccc2)[CH]1.[Cl][Zr][Cl]. The van der Waals surface area contributed by atoms with Crippen molar-refractivity contribution in [1.29, 1.82) is 0 Å². The summed E-state index contributed by atoms with van der Waals surface area (Å²) in [5.74, 6) is 0. The van der Waals surface area contributed by atoms with Gasteiger partial charge < -0.3 is 0 Å². The second-order valence-corrected chi connectivity index (χ2v) is 9.65. The van der Waals surface area contributed by atoms with Crippen molar-refractivity contribution in [3.8, 4) is 11.1 Å². The number of allylic oxidation sites excluding steroid dienone is 1. The van der Waals surface area contributed by atoms with Gasteiger partial charge in [-0.05, 0) is 35.1 Å². The van der Waals surface area contributed by atoms with Crippen molar-refractivity contribution in [1.82, 2.24) is 0 Å². The van der Waals surface area contributed by atoms with E-state index in [2.05, 4.69) is 68.0 Å². The summed E-state index contributed by atoms with van der Waals surface area (Å²) in [6.07, 6.45) is 11.3. The zero-order chi connectivity index (χ0) is 17.2. The van der Waals surface area contributed by atoms with Gasteiger partial charge in [0.25, 0.3) is 0 Å². The third-order valence-electron chi connectivity index (χ3n) is 4.21. The van der Waals surface area contributed by atoms with Crippen LogP contribution in [0.3, 0.4) is 0 Å². The molecule has 0 aliphatic heterocycles. The van der Waals surface area contributed by atoms with Crippen LogP contribution < -0.4 is 0 Å². The molecule has 0 nitrogen and oxygen atoms in total. The van der Waals surface area contributed by atoms with Gasteiger partial charge >= 0.3 is 37.9 Å². The van der Waals surface area contributed by atoms with Crippen LogP contribution in [-0.2, 0) is 20.8 Å². The number of hydrogen-bond acceptors (Lipinski definition) is 0. The van der Waals surface area contributed by atoms with Crippen LogP contribution in [-0.4, -0.2) is 0 Å². The molecule has 3 rings (SSSR count). The first-order valence-electron chi connectivity index (χ1n) is 8.50. The topological polar surface area (TPSA) is 0 Å². The second-order valence-electron chi connectivity index (χ2n) is 5.92. The molecule has 0 atom stereocenters. The molecule has 1 aliphatic rings. The van der Waals surface area contributed by atoms with Gasteiger partial charge in [0.05, 0.1) is 0 Å². The van der Waals surface area contributed by atoms with Crippen molar-refractivity contribution in [2.75, 3.05) is 0 Å². The van der Waals surface area contributed by atoms with E-state index in [0.717, 1.165) is 0 Å². The van der Waals surface area contributed by atoms with Gasteiger partial charge in [-0.25, -0.2) is 0 Å². The first kappa shape index (κ1) is 20.0. The summed E-state index contributed by atoms with van der Waals surface area (Å²) in [6.45, 7) is 2.27. The van der Waals surface area contributed by atoms with Crippen LogP contribution in [0.25, 0.3) is 17.2 Å². The molecule has 1 radical (unpaired) electrons. The first-order chi connectivity index (χ1) is 11.8. The van der Waals surface area contributed by atoms with Crippen LogP contribution in [0.1, 0.15) is 50.2 Å². The molecule has 0 N–H and O–H groups in total. The predicted octanol–water partition coefficient (Wildman–Crippen LogP) is 7.65. The molecule has 24 heavy (non-hydrogen) atoms. The molecule has 0 unspecified atom stereocenters. The van der Waals surface area contributed by atoms with E-state index >= 15 is 0 Å². The average Bonchev–Trinajstić information content (AvgIpc) is 3.03. The summed E-state index contributed by atoms with van der Waals surface area (Å²) in [6, 6.07) is 17.3. The van der Waals surface area contributed by atoms with Crippen LogP contribution in [0.15, 0.2) is 54.1 Å². The van der Waals surface area contributed by atoms with Gasteiger partial charge in [0, 0.05) is 6.42 Å². The van der Waals surface area contributed by atoms with E-state index in [1.54, 1.807) is 0 Å². The van der Waals surface area contributed by atoms with E-state index in [1.807, 2.05) is 0 Å². The third-order valence-corrected chi connectivity index (χ3v) is 4.21. The Morgan fingerprint density at radius 1 is 0.875 bits per heavy atom. The molecule has 0 saturated carbocycles. The van der Waals surface area contributed by atoms with Gasteiger partial charge in [-0.15, -0.1) is 0 Å². The monoisotopic (exact) mass is 435 g/mol. The van der Waals surface area contributed by atoms with Crippen LogP contribution in [0, 0.1) is 6.42 Å². The molecule has 2 aromatic carbocycles. The quantitative estimate of drug-likeness (QED) is 0.407. The Labute approximate surface area is 164 Å². The van der Waals surface area contributed by atoms with Crippen LogP contribution in [0.4, 0.5) is 0 Å². The molecule has 0 bridgehead atoms. The molecule has 0 saturated heterocycles. The molecular weight excluding hydrogens is 414 g/mol. The minimum absolute atomic E-state index is 0.826. The van der Waals surface area contributed by atoms with E-state index in [0.29, 0.717) is 0 Å². The van der Waals surface area contributed by atoms with Crippen LogP contribution >= 0.6 is 17.0 Å². The molecule has 0 amide bonds. The van der Waals surface area contributed by atoms with Crippen molar-refractivity contribution in [2.45, 2.75) is 39.0 Å². The maximum atomic E-state index is 4.93. The third kappa shape index (κ3) is 5.87. The van der Waals surface area contributed by atoms with Crippen LogP contribution in [0.2, 0.25) is 0 Å². The van der Waals surface area contributed by atoms with E-state index in [-0.39, 0.29) is 0 Å².